The number of aliphatic carboxylic acids is 1. The number of benzene rings is 1. The van der Waals surface area contributed by atoms with Gasteiger partial charge in [-0.2, -0.15) is 0 Å². The predicted molar refractivity (Wildman–Crippen MR) is 78.7 cm³/mol. The molecule has 1 saturated carbocycles. The number of piperidine rings is 1. The molecule has 1 N–H and O–H groups in total. The fraction of sp³-hybridized carbons (Fsp3) is 0.529. The van der Waals surface area contributed by atoms with Gasteiger partial charge in [-0.25, -0.2) is 0 Å². The lowest BCUT2D eigenvalue weighted by molar-refractivity contribution is -0.143. The summed E-state index contributed by atoms with van der Waals surface area (Å²) >= 11 is 0. The molecule has 1 aromatic rings. The zero-order valence-electron chi connectivity index (χ0n) is 12.3. The summed E-state index contributed by atoms with van der Waals surface area (Å²) in [6.45, 7) is 2.80. The number of carbonyl (C=O) groups excluding carboxylic acids is 1. The summed E-state index contributed by atoms with van der Waals surface area (Å²) in [4.78, 5) is 25.5. The monoisotopic (exact) mass is 287 g/mol. The molecular formula is C17H21NO3. The van der Waals surface area contributed by atoms with Gasteiger partial charge in [0.1, 0.15) is 0 Å². The number of likely N-dealkylation sites (tertiary alicyclic amines) is 1. The van der Waals surface area contributed by atoms with Gasteiger partial charge in [-0.15, -0.1) is 0 Å². The van der Waals surface area contributed by atoms with Crippen molar-refractivity contribution in [1.29, 1.82) is 0 Å². The van der Waals surface area contributed by atoms with Crippen molar-refractivity contribution in [3.8, 4) is 0 Å². The van der Waals surface area contributed by atoms with E-state index >= 15 is 0 Å². The maximum Gasteiger partial charge on any atom is 0.307 e. The van der Waals surface area contributed by atoms with Crippen LogP contribution < -0.4 is 0 Å². The average molecular weight is 287 g/mol. The molecule has 0 aromatic heterocycles. The molecule has 0 spiro atoms. The third kappa shape index (κ3) is 2.80. The van der Waals surface area contributed by atoms with Gasteiger partial charge in [-0.05, 0) is 38.2 Å². The summed E-state index contributed by atoms with van der Waals surface area (Å²) in [5.74, 6) is -1.56. The number of nitrogens with zero attached hydrogens (tertiary/aromatic N) is 1. The van der Waals surface area contributed by atoms with Gasteiger partial charge in [0.15, 0.2) is 0 Å². The maximum absolute atomic E-state index is 12.6. The second kappa shape index (κ2) is 5.51. The highest BCUT2D eigenvalue weighted by Crippen LogP contribution is 2.43. The van der Waals surface area contributed by atoms with Crippen LogP contribution in [-0.2, 0) is 9.59 Å². The molecule has 1 aromatic carbocycles. The van der Waals surface area contributed by atoms with Crippen LogP contribution in [0.1, 0.15) is 42.9 Å². The normalized spacial score (nSPS) is 28.2. The number of carboxylic acids is 1. The molecular weight excluding hydrogens is 266 g/mol. The first-order chi connectivity index (χ1) is 10.1. The van der Waals surface area contributed by atoms with Crippen LogP contribution in [0.25, 0.3) is 0 Å². The number of aryl methyl sites for hydroxylation is 1. The lowest BCUT2D eigenvalue weighted by atomic mass is 9.94. The smallest absolute Gasteiger partial charge is 0.307 e. The fourth-order valence-corrected chi connectivity index (χ4v) is 3.28. The highest BCUT2D eigenvalue weighted by molar-refractivity contribution is 5.89. The molecule has 2 fully saturated rings. The number of amides is 1. The van der Waals surface area contributed by atoms with Crippen LogP contribution in [-0.4, -0.2) is 28.4 Å². The van der Waals surface area contributed by atoms with E-state index in [1.165, 1.54) is 11.1 Å². The third-order valence-corrected chi connectivity index (χ3v) is 4.67. The van der Waals surface area contributed by atoms with Crippen molar-refractivity contribution in [1.82, 2.24) is 4.90 Å². The predicted octanol–water partition coefficient (Wildman–Crippen LogP) is 2.77. The number of carbonyl (C=O) groups is 2. The van der Waals surface area contributed by atoms with Gasteiger partial charge in [0.05, 0.1) is 17.9 Å². The third-order valence-electron chi connectivity index (χ3n) is 4.67. The van der Waals surface area contributed by atoms with Gasteiger partial charge < -0.3 is 10.0 Å². The number of hydrogen-bond acceptors (Lipinski definition) is 2. The van der Waals surface area contributed by atoms with E-state index in [0.29, 0.717) is 6.42 Å². The van der Waals surface area contributed by atoms with Gasteiger partial charge in [0, 0.05) is 6.54 Å². The molecule has 1 aliphatic carbocycles. The molecule has 1 heterocycles. The molecule has 2 aliphatic rings. The van der Waals surface area contributed by atoms with Crippen molar-refractivity contribution >= 4 is 11.9 Å². The van der Waals surface area contributed by atoms with Crippen molar-refractivity contribution in [3.63, 3.8) is 0 Å². The Hall–Kier alpha value is -1.84. The van der Waals surface area contributed by atoms with E-state index in [9.17, 15) is 9.59 Å². The first kappa shape index (κ1) is 14.1. The number of rotatable bonds is 3. The van der Waals surface area contributed by atoms with Gasteiger partial charge >= 0.3 is 5.97 Å². The summed E-state index contributed by atoms with van der Waals surface area (Å²) in [5.41, 5.74) is 2.38. The molecule has 0 bridgehead atoms. The Morgan fingerprint density at radius 2 is 1.86 bits per heavy atom. The van der Waals surface area contributed by atoms with Crippen LogP contribution in [0.4, 0.5) is 0 Å². The largest absolute Gasteiger partial charge is 0.481 e. The molecule has 1 aliphatic heterocycles. The summed E-state index contributed by atoms with van der Waals surface area (Å²) < 4.78 is 0. The van der Waals surface area contributed by atoms with E-state index in [1.54, 1.807) is 0 Å². The van der Waals surface area contributed by atoms with Crippen LogP contribution >= 0.6 is 0 Å². The Morgan fingerprint density at radius 3 is 2.48 bits per heavy atom. The Morgan fingerprint density at radius 1 is 1.14 bits per heavy atom. The quantitative estimate of drug-likeness (QED) is 0.930. The topological polar surface area (TPSA) is 57.6 Å². The molecule has 3 rings (SSSR count). The standard InChI is InChI=1S/C17H21NO3/c1-11-5-7-12(8-6-11)15-4-2-3-9-18(15)16(19)13-10-14(13)17(20)21/h5-8,13-15H,2-4,9-10H2,1H3,(H,20,21). The second-order valence-electron chi connectivity index (χ2n) is 6.24. The Labute approximate surface area is 124 Å². The summed E-state index contributed by atoms with van der Waals surface area (Å²) in [6.07, 6.45) is 3.61. The van der Waals surface area contributed by atoms with E-state index in [-0.39, 0.29) is 17.9 Å². The van der Waals surface area contributed by atoms with Crippen LogP contribution in [0.3, 0.4) is 0 Å². The molecule has 3 unspecified atom stereocenters. The average Bonchev–Trinajstić information content (AvgIpc) is 3.28. The SMILES string of the molecule is Cc1ccc(C2CCCCN2C(=O)C2CC2C(=O)O)cc1. The van der Waals surface area contributed by atoms with E-state index in [2.05, 4.69) is 31.2 Å². The van der Waals surface area contributed by atoms with Gasteiger partial charge in [0.2, 0.25) is 5.91 Å². The molecule has 1 amide bonds. The summed E-state index contributed by atoms with van der Waals surface area (Å²) in [5, 5.41) is 9.01. The molecule has 4 heteroatoms. The van der Waals surface area contributed by atoms with Crippen molar-refractivity contribution in [2.45, 2.75) is 38.6 Å². The van der Waals surface area contributed by atoms with Crippen molar-refractivity contribution < 1.29 is 14.7 Å². The van der Waals surface area contributed by atoms with Gasteiger partial charge in [0.25, 0.3) is 0 Å². The molecule has 21 heavy (non-hydrogen) atoms. The van der Waals surface area contributed by atoms with Crippen LogP contribution in [0.2, 0.25) is 0 Å². The summed E-state index contributed by atoms with van der Waals surface area (Å²) in [7, 11) is 0. The minimum atomic E-state index is -0.836. The fourth-order valence-electron chi connectivity index (χ4n) is 3.28. The molecule has 0 radical (unpaired) electrons. The van der Waals surface area contributed by atoms with Gasteiger partial charge in [-0.1, -0.05) is 29.8 Å². The Bertz CT molecular complexity index is 552. The van der Waals surface area contributed by atoms with Crippen LogP contribution in [0, 0.1) is 18.8 Å². The Kier molecular flexibility index (Phi) is 3.70. The summed E-state index contributed by atoms with van der Waals surface area (Å²) in [6, 6.07) is 8.44. The van der Waals surface area contributed by atoms with Crippen LogP contribution in [0.5, 0.6) is 0 Å². The highest BCUT2D eigenvalue weighted by Gasteiger charge is 2.50. The zero-order chi connectivity index (χ0) is 15.0. The number of hydrogen-bond donors (Lipinski definition) is 1. The lowest BCUT2D eigenvalue weighted by Gasteiger charge is -2.36. The molecule has 1 saturated heterocycles. The number of carboxylic acid groups (broad SMARTS) is 1. The van der Waals surface area contributed by atoms with Crippen molar-refractivity contribution in [3.05, 3.63) is 35.4 Å². The molecule has 4 nitrogen and oxygen atoms in total. The van der Waals surface area contributed by atoms with E-state index in [1.807, 2.05) is 4.90 Å². The zero-order valence-corrected chi connectivity index (χ0v) is 12.3. The van der Waals surface area contributed by atoms with Crippen molar-refractivity contribution in [2.75, 3.05) is 6.54 Å². The van der Waals surface area contributed by atoms with E-state index in [4.69, 9.17) is 5.11 Å². The molecule has 112 valence electrons. The maximum atomic E-state index is 12.6. The van der Waals surface area contributed by atoms with Crippen LogP contribution in [0.15, 0.2) is 24.3 Å². The van der Waals surface area contributed by atoms with Crippen molar-refractivity contribution in [2.24, 2.45) is 11.8 Å². The van der Waals surface area contributed by atoms with Gasteiger partial charge in [-0.3, -0.25) is 9.59 Å². The minimum Gasteiger partial charge on any atom is -0.481 e. The first-order valence-corrected chi connectivity index (χ1v) is 7.68. The molecule has 3 atom stereocenters. The minimum absolute atomic E-state index is 0.0349. The second-order valence-corrected chi connectivity index (χ2v) is 6.24. The highest BCUT2D eigenvalue weighted by atomic mass is 16.4. The first-order valence-electron chi connectivity index (χ1n) is 7.68. The Balaban J connectivity index is 1.77. The van der Waals surface area contributed by atoms with E-state index in [0.717, 1.165) is 25.8 Å². The lowest BCUT2D eigenvalue weighted by Crippen LogP contribution is -2.40. The van der Waals surface area contributed by atoms with E-state index < -0.39 is 11.9 Å².